The van der Waals surface area contributed by atoms with Crippen molar-refractivity contribution in [2.24, 2.45) is 0 Å². The Morgan fingerprint density at radius 2 is 2.05 bits per heavy atom. The molecule has 0 radical (unpaired) electrons. The number of pyridine rings is 1. The van der Waals surface area contributed by atoms with Crippen molar-refractivity contribution in [3.8, 4) is 16.8 Å². The number of rotatable bonds is 2. The van der Waals surface area contributed by atoms with E-state index in [0.717, 1.165) is 16.8 Å². The van der Waals surface area contributed by atoms with E-state index in [1.807, 2.05) is 57.9 Å². The summed E-state index contributed by atoms with van der Waals surface area (Å²) in [5, 5.41) is 4.55. The number of benzene rings is 1. The number of halogens is 1. The van der Waals surface area contributed by atoms with E-state index in [0.29, 0.717) is 10.9 Å². The highest BCUT2D eigenvalue weighted by Gasteiger charge is 2.13. The topological polar surface area (TPSA) is 17.8 Å². The van der Waals surface area contributed by atoms with E-state index < -0.39 is 0 Å². The molecular formula is C17H11FN2S. The molecule has 0 aliphatic carbocycles. The van der Waals surface area contributed by atoms with Gasteiger partial charge in [-0.1, -0.05) is 0 Å². The van der Waals surface area contributed by atoms with Gasteiger partial charge in [-0.2, -0.15) is 11.3 Å². The first kappa shape index (κ1) is 12.3. The molecule has 0 N–H and O–H groups in total. The Morgan fingerprint density at radius 3 is 2.81 bits per heavy atom. The molecule has 0 bridgehead atoms. The van der Waals surface area contributed by atoms with Gasteiger partial charge in [0.25, 0.3) is 0 Å². The van der Waals surface area contributed by atoms with Crippen molar-refractivity contribution < 1.29 is 4.39 Å². The quantitative estimate of drug-likeness (QED) is 0.514. The van der Waals surface area contributed by atoms with E-state index in [9.17, 15) is 4.39 Å². The Bertz CT molecular complexity index is 895. The molecule has 0 saturated carbocycles. The van der Waals surface area contributed by atoms with E-state index in [1.54, 1.807) is 23.7 Å². The van der Waals surface area contributed by atoms with Gasteiger partial charge in [-0.3, -0.25) is 4.98 Å². The Balaban J connectivity index is 1.94. The van der Waals surface area contributed by atoms with Gasteiger partial charge >= 0.3 is 0 Å². The zero-order valence-electron chi connectivity index (χ0n) is 11.0. The lowest BCUT2D eigenvalue weighted by Gasteiger charge is -2.06. The van der Waals surface area contributed by atoms with Gasteiger partial charge in [-0.05, 0) is 52.7 Å². The zero-order valence-corrected chi connectivity index (χ0v) is 11.8. The maximum atomic E-state index is 14.7. The molecule has 0 aliphatic heterocycles. The lowest BCUT2D eigenvalue weighted by atomic mass is 10.1. The van der Waals surface area contributed by atoms with Gasteiger partial charge < -0.3 is 4.57 Å². The number of nitrogens with zero attached hydrogens (tertiary/aromatic N) is 2. The van der Waals surface area contributed by atoms with Crippen LogP contribution in [-0.4, -0.2) is 9.55 Å². The monoisotopic (exact) mass is 294 g/mol. The largest absolute Gasteiger partial charge is 0.315 e. The summed E-state index contributed by atoms with van der Waals surface area (Å²) in [6.07, 6.45) is 5.37. The fraction of sp³-hybridized carbons (Fsp3) is 0. The van der Waals surface area contributed by atoms with Crippen molar-refractivity contribution in [1.29, 1.82) is 0 Å². The summed E-state index contributed by atoms with van der Waals surface area (Å²) in [7, 11) is 0. The van der Waals surface area contributed by atoms with Crippen molar-refractivity contribution in [2.75, 3.05) is 0 Å². The van der Waals surface area contributed by atoms with Gasteiger partial charge in [-0.25, -0.2) is 4.39 Å². The minimum absolute atomic E-state index is 0.173. The van der Waals surface area contributed by atoms with Crippen LogP contribution in [0.1, 0.15) is 0 Å². The van der Waals surface area contributed by atoms with E-state index >= 15 is 0 Å². The first-order valence-corrected chi connectivity index (χ1v) is 7.51. The fourth-order valence-electron chi connectivity index (χ4n) is 2.54. The third-order valence-electron chi connectivity index (χ3n) is 3.56. The molecular weight excluding hydrogens is 283 g/mol. The van der Waals surface area contributed by atoms with Gasteiger partial charge in [0.1, 0.15) is 5.82 Å². The minimum atomic E-state index is -0.173. The van der Waals surface area contributed by atoms with Gasteiger partial charge in [0, 0.05) is 23.3 Å². The summed E-state index contributed by atoms with van der Waals surface area (Å²) in [6.45, 7) is 0. The maximum absolute atomic E-state index is 14.7. The highest BCUT2D eigenvalue weighted by atomic mass is 32.1. The van der Waals surface area contributed by atoms with Gasteiger partial charge in [0.2, 0.25) is 0 Å². The second kappa shape index (κ2) is 4.82. The number of hydrogen-bond acceptors (Lipinski definition) is 2. The molecule has 0 aliphatic rings. The van der Waals surface area contributed by atoms with Crippen LogP contribution in [0.15, 0.2) is 65.7 Å². The average molecular weight is 294 g/mol. The molecule has 0 unspecified atom stereocenters. The molecule has 1 aromatic carbocycles. The number of aromatic nitrogens is 2. The zero-order chi connectivity index (χ0) is 14.2. The third kappa shape index (κ3) is 1.96. The minimum Gasteiger partial charge on any atom is -0.315 e. The summed E-state index contributed by atoms with van der Waals surface area (Å²) < 4.78 is 16.7. The Labute approximate surface area is 125 Å². The van der Waals surface area contributed by atoms with E-state index in [2.05, 4.69) is 4.98 Å². The van der Waals surface area contributed by atoms with Crippen LogP contribution in [0.4, 0.5) is 4.39 Å². The number of fused-ring (bicyclic) bond motifs is 1. The van der Waals surface area contributed by atoms with Gasteiger partial charge in [0.05, 0.1) is 17.4 Å². The Kier molecular flexibility index (Phi) is 2.82. The van der Waals surface area contributed by atoms with E-state index in [-0.39, 0.29) is 5.82 Å². The smallest absolute Gasteiger partial charge is 0.140 e. The highest BCUT2D eigenvalue weighted by molar-refractivity contribution is 7.08. The van der Waals surface area contributed by atoms with Crippen molar-refractivity contribution >= 4 is 22.2 Å². The second-order valence-corrected chi connectivity index (χ2v) is 5.55. The lowest BCUT2D eigenvalue weighted by Crippen LogP contribution is -1.93. The van der Waals surface area contributed by atoms with Crippen LogP contribution < -0.4 is 0 Å². The van der Waals surface area contributed by atoms with Crippen LogP contribution in [0, 0.1) is 5.82 Å². The normalized spacial score (nSPS) is 11.1. The second-order valence-electron chi connectivity index (χ2n) is 4.77. The molecule has 4 rings (SSSR count). The SMILES string of the molecule is Fc1c(-c2ccsc2)ccc2c1ccn2-c1cccnc1. The van der Waals surface area contributed by atoms with E-state index in [1.165, 1.54) is 0 Å². The highest BCUT2D eigenvalue weighted by Crippen LogP contribution is 2.31. The lowest BCUT2D eigenvalue weighted by molar-refractivity contribution is 0.643. The Morgan fingerprint density at radius 1 is 1.10 bits per heavy atom. The summed E-state index contributed by atoms with van der Waals surface area (Å²) >= 11 is 1.57. The molecule has 0 spiro atoms. The molecule has 21 heavy (non-hydrogen) atoms. The standard InChI is InChI=1S/C17H11FN2S/c18-17-14(12-6-9-21-11-12)3-4-16-15(17)5-8-20(16)13-2-1-7-19-10-13/h1-11H. The Hall–Kier alpha value is -2.46. The van der Waals surface area contributed by atoms with Crippen LogP contribution in [-0.2, 0) is 0 Å². The summed E-state index contributed by atoms with van der Waals surface area (Å²) in [5.41, 5.74) is 3.34. The van der Waals surface area contributed by atoms with Gasteiger partial charge in [0.15, 0.2) is 0 Å². The first-order valence-electron chi connectivity index (χ1n) is 6.57. The molecule has 0 amide bonds. The van der Waals surface area contributed by atoms with Crippen molar-refractivity contribution in [3.63, 3.8) is 0 Å². The molecule has 0 fully saturated rings. The van der Waals surface area contributed by atoms with Crippen molar-refractivity contribution in [3.05, 3.63) is 71.6 Å². The maximum Gasteiger partial charge on any atom is 0.140 e. The molecule has 3 aromatic heterocycles. The van der Waals surface area contributed by atoms with Crippen molar-refractivity contribution in [1.82, 2.24) is 9.55 Å². The molecule has 4 aromatic rings. The average Bonchev–Trinajstić information content (AvgIpc) is 3.18. The number of thiophene rings is 1. The fourth-order valence-corrected chi connectivity index (χ4v) is 3.20. The van der Waals surface area contributed by atoms with Crippen LogP contribution in [0.3, 0.4) is 0 Å². The van der Waals surface area contributed by atoms with Gasteiger partial charge in [-0.15, -0.1) is 0 Å². The third-order valence-corrected chi connectivity index (χ3v) is 4.25. The molecule has 2 nitrogen and oxygen atoms in total. The predicted molar refractivity (Wildman–Crippen MR) is 84.3 cm³/mol. The first-order chi connectivity index (χ1) is 10.3. The molecule has 3 heterocycles. The molecule has 0 saturated heterocycles. The van der Waals surface area contributed by atoms with Crippen LogP contribution >= 0.6 is 11.3 Å². The summed E-state index contributed by atoms with van der Waals surface area (Å²) in [5.74, 6) is -0.173. The summed E-state index contributed by atoms with van der Waals surface area (Å²) in [4.78, 5) is 4.11. The molecule has 4 heteroatoms. The van der Waals surface area contributed by atoms with E-state index in [4.69, 9.17) is 0 Å². The van der Waals surface area contributed by atoms with Crippen molar-refractivity contribution in [2.45, 2.75) is 0 Å². The molecule has 0 atom stereocenters. The molecule has 102 valence electrons. The number of hydrogen-bond donors (Lipinski definition) is 0. The predicted octanol–water partition coefficient (Wildman–Crippen LogP) is 4.89. The van der Waals surface area contributed by atoms with Crippen LogP contribution in [0.2, 0.25) is 0 Å². The summed E-state index contributed by atoms with van der Waals surface area (Å²) in [6, 6.07) is 11.4. The van der Waals surface area contributed by atoms with Crippen LogP contribution in [0.25, 0.3) is 27.7 Å². The van der Waals surface area contributed by atoms with Crippen LogP contribution in [0.5, 0.6) is 0 Å².